The Labute approximate surface area is 101 Å². The van der Waals surface area contributed by atoms with Gasteiger partial charge in [0.25, 0.3) is 0 Å². The summed E-state index contributed by atoms with van der Waals surface area (Å²) in [6, 6.07) is 3.50. The Morgan fingerprint density at radius 2 is 2.47 bits per heavy atom. The molecular formula is C13H18O4. The molecule has 0 amide bonds. The average Bonchev–Trinajstić information content (AvgIpc) is 2.86. The van der Waals surface area contributed by atoms with Crippen molar-refractivity contribution in [3.05, 3.63) is 36.8 Å². The number of ether oxygens (including phenoxy) is 2. The highest BCUT2D eigenvalue weighted by molar-refractivity contribution is 5.81. The van der Waals surface area contributed by atoms with E-state index in [9.17, 15) is 4.79 Å². The highest BCUT2D eigenvalue weighted by Gasteiger charge is 2.18. The summed E-state index contributed by atoms with van der Waals surface area (Å²) in [5.74, 6) is 0.0992. The van der Waals surface area contributed by atoms with Gasteiger partial charge >= 0.3 is 5.97 Å². The molecule has 1 aromatic rings. The van der Waals surface area contributed by atoms with Crippen molar-refractivity contribution < 1.29 is 18.7 Å². The number of hydrogen-bond donors (Lipinski definition) is 0. The summed E-state index contributed by atoms with van der Waals surface area (Å²) in [5.41, 5.74) is 0. The number of carbonyl (C=O) groups is 1. The van der Waals surface area contributed by atoms with E-state index in [-0.39, 0.29) is 0 Å². The van der Waals surface area contributed by atoms with E-state index in [1.54, 1.807) is 12.1 Å². The molecule has 1 heterocycles. The number of carbonyl (C=O) groups excluding carboxylic acids is 1. The van der Waals surface area contributed by atoms with Crippen LogP contribution in [0.4, 0.5) is 0 Å². The van der Waals surface area contributed by atoms with E-state index in [0.717, 1.165) is 18.9 Å². The van der Waals surface area contributed by atoms with Crippen molar-refractivity contribution in [1.82, 2.24) is 0 Å². The summed E-state index contributed by atoms with van der Waals surface area (Å²) >= 11 is 0. The van der Waals surface area contributed by atoms with Crippen molar-refractivity contribution >= 4 is 5.97 Å². The smallest absolute Gasteiger partial charge is 0.330 e. The molecule has 1 unspecified atom stereocenters. The second kappa shape index (κ2) is 7.68. The zero-order chi connectivity index (χ0) is 12.5. The Morgan fingerprint density at radius 3 is 3.06 bits per heavy atom. The van der Waals surface area contributed by atoms with Crippen LogP contribution in [0.5, 0.6) is 0 Å². The molecule has 0 aliphatic rings. The minimum Gasteiger partial charge on any atom is -0.465 e. The third-order valence-corrected chi connectivity index (χ3v) is 2.20. The molecule has 0 fully saturated rings. The van der Waals surface area contributed by atoms with E-state index >= 15 is 0 Å². The molecule has 0 saturated carbocycles. The number of unbranched alkanes of at least 4 members (excludes halogenated alkanes) is 1. The zero-order valence-corrected chi connectivity index (χ0v) is 10.1. The highest BCUT2D eigenvalue weighted by atomic mass is 16.6. The maximum absolute atomic E-state index is 11.2. The van der Waals surface area contributed by atoms with E-state index < -0.39 is 12.1 Å². The second-order valence-corrected chi connectivity index (χ2v) is 3.57. The van der Waals surface area contributed by atoms with E-state index in [2.05, 4.69) is 13.5 Å². The summed E-state index contributed by atoms with van der Waals surface area (Å²) in [4.78, 5) is 11.2. The summed E-state index contributed by atoms with van der Waals surface area (Å²) in [6.45, 7) is 6.40. The van der Waals surface area contributed by atoms with Gasteiger partial charge in [0, 0.05) is 12.7 Å². The molecule has 4 nitrogen and oxygen atoms in total. The Kier molecular flexibility index (Phi) is 6.10. The van der Waals surface area contributed by atoms with Crippen LogP contribution in [0.2, 0.25) is 0 Å². The predicted octanol–water partition coefficient (Wildman–Crippen LogP) is 2.87. The van der Waals surface area contributed by atoms with E-state index in [1.165, 1.54) is 6.26 Å². The normalized spacial score (nSPS) is 12.1. The summed E-state index contributed by atoms with van der Waals surface area (Å²) in [5, 5.41) is 0. The van der Waals surface area contributed by atoms with Crippen LogP contribution in [0.3, 0.4) is 0 Å². The molecule has 0 radical (unpaired) electrons. The average molecular weight is 238 g/mol. The molecule has 0 N–H and O–H groups in total. The van der Waals surface area contributed by atoms with Gasteiger partial charge in [-0.25, -0.2) is 4.79 Å². The fraction of sp³-hybridized carbons (Fsp3) is 0.462. The number of hydrogen-bond acceptors (Lipinski definition) is 4. The van der Waals surface area contributed by atoms with Gasteiger partial charge in [-0.2, -0.15) is 0 Å². The van der Waals surface area contributed by atoms with Gasteiger partial charge in [0.15, 0.2) is 6.10 Å². The van der Waals surface area contributed by atoms with Crippen LogP contribution in [0, 0.1) is 0 Å². The first-order valence-corrected chi connectivity index (χ1v) is 5.72. The lowest BCUT2D eigenvalue weighted by atomic mass is 10.3. The zero-order valence-electron chi connectivity index (χ0n) is 10.1. The molecule has 94 valence electrons. The molecular weight excluding hydrogens is 220 g/mol. The fourth-order valence-electron chi connectivity index (χ4n) is 1.27. The van der Waals surface area contributed by atoms with Gasteiger partial charge < -0.3 is 13.9 Å². The third kappa shape index (κ3) is 4.87. The first-order chi connectivity index (χ1) is 8.27. The van der Waals surface area contributed by atoms with Gasteiger partial charge in [-0.15, -0.1) is 0 Å². The van der Waals surface area contributed by atoms with Crippen LogP contribution in [0.25, 0.3) is 0 Å². The third-order valence-electron chi connectivity index (χ3n) is 2.20. The Bertz CT molecular complexity index is 329. The molecule has 1 aromatic heterocycles. The number of furan rings is 1. The molecule has 0 aromatic carbocycles. The quantitative estimate of drug-likeness (QED) is 0.397. The molecule has 0 aliphatic carbocycles. The minimum absolute atomic E-state index is 0.299. The van der Waals surface area contributed by atoms with Gasteiger partial charge in [-0.1, -0.05) is 19.9 Å². The van der Waals surface area contributed by atoms with E-state index in [1.807, 2.05) is 0 Å². The van der Waals surface area contributed by atoms with Crippen LogP contribution in [0.1, 0.15) is 31.6 Å². The molecule has 1 rings (SSSR count). The second-order valence-electron chi connectivity index (χ2n) is 3.57. The standard InChI is InChI=1S/C13H18O4/c1-3-5-8-15-10-12(17-13(14)4-2)11-7-6-9-16-11/h4,6-7,9,12H,2-3,5,8,10H2,1H3. The molecule has 0 bridgehead atoms. The first kappa shape index (κ1) is 13.5. The van der Waals surface area contributed by atoms with E-state index in [4.69, 9.17) is 13.9 Å². The molecule has 4 heteroatoms. The lowest BCUT2D eigenvalue weighted by molar-refractivity contribution is -0.147. The van der Waals surface area contributed by atoms with Gasteiger partial charge in [-0.3, -0.25) is 0 Å². The number of rotatable bonds is 8. The Balaban J connectivity index is 2.48. The maximum Gasteiger partial charge on any atom is 0.330 e. The first-order valence-electron chi connectivity index (χ1n) is 5.72. The van der Waals surface area contributed by atoms with Gasteiger partial charge in [0.05, 0.1) is 12.9 Å². The van der Waals surface area contributed by atoms with Gasteiger partial charge in [0.1, 0.15) is 5.76 Å². The van der Waals surface area contributed by atoms with Crippen molar-refractivity contribution in [2.24, 2.45) is 0 Å². The summed E-state index contributed by atoms with van der Waals surface area (Å²) in [7, 11) is 0. The van der Waals surface area contributed by atoms with Gasteiger partial charge in [0.2, 0.25) is 0 Å². The molecule has 1 atom stereocenters. The molecule has 17 heavy (non-hydrogen) atoms. The van der Waals surface area contributed by atoms with Crippen molar-refractivity contribution in [3.63, 3.8) is 0 Å². The lowest BCUT2D eigenvalue weighted by Gasteiger charge is -2.14. The SMILES string of the molecule is C=CC(=O)OC(COCCCC)c1ccco1. The topological polar surface area (TPSA) is 48.7 Å². The Morgan fingerprint density at radius 1 is 1.65 bits per heavy atom. The highest BCUT2D eigenvalue weighted by Crippen LogP contribution is 2.18. The molecule has 0 saturated heterocycles. The predicted molar refractivity (Wildman–Crippen MR) is 63.5 cm³/mol. The van der Waals surface area contributed by atoms with Crippen LogP contribution in [0.15, 0.2) is 35.5 Å². The van der Waals surface area contributed by atoms with Crippen LogP contribution in [-0.2, 0) is 14.3 Å². The van der Waals surface area contributed by atoms with Gasteiger partial charge in [-0.05, 0) is 18.6 Å². The Hall–Kier alpha value is -1.55. The van der Waals surface area contributed by atoms with Crippen LogP contribution < -0.4 is 0 Å². The fourth-order valence-corrected chi connectivity index (χ4v) is 1.27. The van der Waals surface area contributed by atoms with Crippen molar-refractivity contribution in [2.75, 3.05) is 13.2 Å². The monoisotopic (exact) mass is 238 g/mol. The minimum atomic E-state index is -0.507. The summed E-state index contributed by atoms with van der Waals surface area (Å²) in [6.07, 6.45) is 4.21. The van der Waals surface area contributed by atoms with Crippen LogP contribution in [-0.4, -0.2) is 19.2 Å². The lowest BCUT2D eigenvalue weighted by Crippen LogP contribution is -2.15. The molecule has 0 aliphatic heterocycles. The van der Waals surface area contributed by atoms with Crippen molar-refractivity contribution in [3.8, 4) is 0 Å². The van der Waals surface area contributed by atoms with Crippen molar-refractivity contribution in [2.45, 2.75) is 25.9 Å². The largest absolute Gasteiger partial charge is 0.465 e. The molecule has 0 spiro atoms. The van der Waals surface area contributed by atoms with Crippen molar-refractivity contribution in [1.29, 1.82) is 0 Å². The number of esters is 1. The maximum atomic E-state index is 11.2. The van der Waals surface area contributed by atoms with Crippen LogP contribution >= 0.6 is 0 Å². The van der Waals surface area contributed by atoms with E-state index in [0.29, 0.717) is 19.0 Å². The summed E-state index contributed by atoms with van der Waals surface area (Å²) < 4.78 is 15.8.